The van der Waals surface area contributed by atoms with E-state index in [-0.39, 0.29) is 12.4 Å². The van der Waals surface area contributed by atoms with E-state index in [1.807, 2.05) is 0 Å². The molecule has 0 fully saturated rings. The molecule has 19 heavy (non-hydrogen) atoms. The van der Waals surface area contributed by atoms with Crippen molar-refractivity contribution in [3.8, 4) is 0 Å². The lowest BCUT2D eigenvalue weighted by Crippen LogP contribution is -2.32. The molecule has 1 aromatic carbocycles. The Labute approximate surface area is 114 Å². The minimum atomic E-state index is -0.527. The first kappa shape index (κ1) is 13.7. The predicted molar refractivity (Wildman–Crippen MR) is 72.7 cm³/mol. The summed E-state index contributed by atoms with van der Waals surface area (Å²) in [5, 5.41) is 3.34. The molecule has 0 saturated carbocycles. The van der Waals surface area contributed by atoms with Gasteiger partial charge in [0.25, 0.3) is 0 Å². The third-order valence-corrected chi connectivity index (χ3v) is 3.21. The van der Waals surface area contributed by atoms with Gasteiger partial charge in [-0.15, -0.1) is 11.3 Å². The van der Waals surface area contributed by atoms with E-state index < -0.39 is 11.7 Å². The second kappa shape index (κ2) is 5.13. The highest BCUT2D eigenvalue weighted by Crippen LogP contribution is 2.22. The zero-order chi connectivity index (χ0) is 14.0. The molecule has 2 aromatic rings. The molecular weight excluding hydrogens is 267 g/mol. The number of rotatable bonds is 2. The van der Waals surface area contributed by atoms with Crippen molar-refractivity contribution >= 4 is 27.6 Å². The number of amides is 1. The molecule has 102 valence electrons. The standard InChI is InChI=1S/C13H15FN2O2S/c1-13(2,3)18-12(17)15-7-11-16-9-6-8(14)4-5-10(9)19-11/h4-6H,7H2,1-3H3,(H,15,17). The quantitative estimate of drug-likeness (QED) is 0.917. The van der Waals surface area contributed by atoms with E-state index in [2.05, 4.69) is 10.3 Å². The number of hydrogen-bond donors (Lipinski definition) is 1. The van der Waals surface area contributed by atoms with Gasteiger partial charge in [0, 0.05) is 6.07 Å². The highest BCUT2D eigenvalue weighted by atomic mass is 32.1. The van der Waals surface area contributed by atoms with E-state index in [1.54, 1.807) is 26.8 Å². The lowest BCUT2D eigenvalue weighted by atomic mass is 10.2. The third kappa shape index (κ3) is 3.89. The molecule has 4 nitrogen and oxygen atoms in total. The molecule has 0 spiro atoms. The monoisotopic (exact) mass is 282 g/mol. The number of thiazole rings is 1. The minimum Gasteiger partial charge on any atom is -0.444 e. The number of carbonyl (C=O) groups is 1. The van der Waals surface area contributed by atoms with Crippen molar-refractivity contribution in [2.24, 2.45) is 0 Å². The van der Waals surface area contributed by atoms with Crippen molar-refractivity contribution in [3.05, 3.63) is 29.0 Å². The number of hydrogen-bond acceptors (Lipinski definition) is 4. The van der Waals surface area contributed by atoms with Crippen LogP contribution in [0.25, 0.3) is 10.2 Å². The molecule has 0 saturated heterocycles. The maximum Gasteiger partial charge on any atom is 0.408 e. The topological polar surface area (TPSA) is 51.2 Å². The Morgan fingerprint density at radius 3 is 2.89 bits per heavy atom. The summed E-state index contributed by atoms with van der Waals surface area (Å²) in [6, 6.07) is 4.45. The Balaban J connectivity index is 2.00. The van der Waals surface area contributed by atoms with Gasteiger partial charge in [-0.1, -0.05) is 0 Å². The summed E-state index contributed by atoms with van der Waals surface area (Å²) < 4.78 is 19.0. The molecule has 1 N–H and O–H groups in total. The molecule has 1 aromatic heterocycles. The van der Waals surface area contributed by atoms with Crippen LogP contribution in [0.15, 0.2) is 18.2 Å². The Morgan fingerprint density at radius 1 is 1.47 bits per heavy atom. The maximum absolute atomic E-state index is 13.0. The van der Waals surface area contributed by atoms with Crippen molar-refractivity contribution in [1.82, 2.24) is 10.3 Å². The number of carbonyl (C=O) groups excluding carboxylic acids is 1. The van der Waals surface area contributed by atoms with E-state index >= 15 is 0 Å². The van der Waals surface area contributed by atoms with Crippen LogP contribution in [0.1, 0.15) is 25.8 Å². The normalized spacial score (nSPS) is 11.6. The number of halogens is 1. The first-order valence-electron chi connectivity index (χ1n) is 5.85. The first-order chi connectivity index (χ1) is 8.83. The van der Waals surface area contributed by atoms with E-state index in [0.29, 0.717) is 10.5 Å². The zero-order valence-electron chi connectivity index (χ0n) is 11.0. The number of ether oxygens (including phenoxy) is 1. The average molecular weight is 282 g/mol. The van der Waals surface area contributed by atoms with Crippen LogP contribution >= 0.6 is 11.3 Å². The summed E-state index contributed by atoms with van der Waals surface area (Å²) in [5.41, 5.74) is 0.0758. The predicted octanol–water partition coefficient (Wildman–Crippen LogP) is 3.46. The first-order valence-corrected chi connectivity index (χ1v) is 6.67. The van der Waals surface area contributed by atoms with E-state index in [4.69, 9.17) is 4.74 Å². The number of fused-ring (bicyclic) bond motifs is 1. The molecule has 1 heterocycles. The van der Waals surface area contributed by atoms with E-state index in [9.17, 15) is 9.18 Å². The summed E-state index contributed by atoms with van der Waals surface area (Å²) in [5.74, 6) is -0.315. The van der Waals surface area contributed by atoms with Crippen LogP contribution in [0, 0.1) is 5.82 Å². The number of aromatic nitrogens is 1. The average Bonchev–Trinajstić information content (AvgIpc) is 2.66. The molecule has 2 rings (SSSR count). The highest BCUT2D eigenvalue weighted by molar-refractivity contribution is 7.18. The van der Waals surface area contributed by atoms with Gasteiger partial charge in [-0.25, -0.2) is 14.2 Å². The summed E-state index contributed by atoms with van der Waals surface area (Å²) in [6.07, 6.45) is -0.488. The van der Waals surface area contributed by atoms with Gasteiger partial charge in [-0.2, -0.15) is 0 Å². The molecule has 0 aliphatic rings. The van der Waals surface area contributed by atoms with Crippen molar-refractivity contribution in [3.63, 3.8) is 0 Å². The van der Waals surface area contributed by atoms with Gasteiger partial charge in [0.1, 0.15) is 16.4 Å². The molecule has 6 heteroatoms. The molecule has 1 amide bonds. The van der Waals surface area contributed by atoms with E-state index in [0.717, 1.165) is 4.70 Å². The molecule has 0 aliphatic carbocycles. The second-order valence-electron chi connectivity index (χ2n) is 5.08. The van der Waals surface area contributed by atoms with Crippen molar-refractivity contribution in [2.75, 3.05) is 0 Å². The third-order valence-electron chi connectivity index (χ3n) is 2.18. The van der Waals surface area contributed by atoms with Crippen LogP contribution in [-0.2, 0) is 11.3 Å². The number of alkyl carbamates (subject to hydrolysis) is 1. The Morgan fingerprint density at radius 2 is 2.21 bits per heavy atom. The van der Waals surface area contributed by atoms with Gasteiger partial charge in [-0.3, -0.25) is 0 Å². The molecule has 0 aliphatic heterocycles. The second-order valence-corrected chi connectivity index (χ2v) is 6.19. The lowest BCUT2D eigenvalue weighted by Gasteiger charge is -2.19. The fourth-order valence-electron chi connectivity index (χ4n) is 1.49. The van der Waals surface area contributed by atoms with Gasteiger partial charge in [0.15, 0.2) is 0 Å². The van der Waals surface area contributed by atoms with Crippen LogP contribution in [0.4, 0.5) is 9.18 Å². The summed E-state index contributed by atoms with van der Waals surface area (Å²) in [6.45, 7) is 5.67. The van der Waals surface area contributed by atoms with Gasteiger partial charge >= 0.3 is 6.09 Å². The minimum absolute atomic E-state index is 0.274. The Bertz CT molecular complexity index is 604. The Kier molecular flexibility index (Phi) is 3.71. The maximum atomic E-state index is 13.0. The molecule has 0 bridgehead atoms. The smallest absolute Gasteiger partial charge is 0.408 e. The van der Waals surface area contributed by atoms with Crippen LogP contribution in [0.5, 0.6) is 0 Å². The van der Waals surface area contributed by atoms with Crippen molar-refractivity contribution in [2.45, 2.75) is 32.9 Å². The zero-order valence-corrected chi connectivity index (χ0v) is 11.8. The van der Waals surface area contributed by atoms with Crippen LogP contribution in [-0.4, -0.2) is 16.7 Å². The van der Waals surface area contributed by atoms with E-state index in [1.165, 1.54) is 23.5 Å². The highest BCUT2D eigenvalue weighted by Gasteiger charge is 2.16. The van der Waals surface area contributed by atoms with Crippen LogP contribution in [0.2, 0.25) is 0 Å². The van der Waals surface area contributed by atoms with Gasteiger partial charge in [0.2, 0.25) is 0 Å². The van der Waals surface area contributed by atoms with Crippen LogP contribution < -0.4 is 5.32 Å². The lowest BCUT2D eigenvalue weighted by molar-refractivity contribution is 0.0523. The fraction of sp³-hybridized carbons (Fsp3) is 0.385. The molecular formula is C13H15FN2O2S. The largest absolute Gasteiger partial charge is 0.444 e. The van der Waals surface area contributed by atoms with Crippen LogP contribution in [0.3, 0.4) is 0 Å². The SMILES string of the molecule is CC(C)(C)OC(=O)NCc1nc2cc(F)ccc2s1. The number of benzene rings is 1. The van der Waals surface area contributed by atoms with Gasteiger partial charge < -0.3 is 10.1 Å². The molecule has 0 atom stereocenters. The summed E-state index contributed by atoms with van der Waals surface area (Å²) >= 11 is 1.42. The number of nitrogens with zero attached hydrogens (tertiary/aromatic N) is 1. The summed E-state index contributed by atoms with van der Waals surface area (Å²) in [7, 11) is 0. The number of nitrogens with one attached hydrogen (secondary N) is 1. The van der Waals surface area contributed by atoms with Gasteiger partial charge in [0.05, 0.1) is 16.8 Å². The summed E-state index contributed by atoms with van der Waals surface area (Å²) in [4.78, 5) is 15.7. The Hall–Kier alpha value is -1.69. The molecule has 0 radical (unpaired) electrons. The van der Waals surface area contributed by atoms with Crippen molar-refractivity contribution < 1.29 is 13.9 Å². The van der Waals surface area contributed by atoms with Crippen molar-refractivity contribution in [1.29, 1.82) is 0 Å². The molecule has 0 unspecified atom stereocenters. The van der Waals surface area contributed by atoms with Gasteiger partial charge in [-0.05, 0) is 32.9 Å². The fourth-order valence-corrected chi connectivity index (χ4v) is 2.37.